The summed E-state index contributed by atoms with van der Waals surface area (Å²) in [4.78, 5) is 16.5. The van der Waals surface area contributed by atoms with Crippen molar-refractivity contribution >= 4 is 17.7 Å². The van der Waals surface area contributed by atoms with E-state index in [0.29, 0.717) is 11.7 Å². The molecule has 0 saturated heterocycles. The van der Waals surface area contributed by atoms with Gasteiger partial charge in [0.2, 0.25) is 5.91 Å². The van der Waals surface area contributed by atoms with E-state index in [-0.39, 0.29) is 11.7 Å². The first-order valence-corrected chi connectivity index (χ1v) is 10.3. The van der Waals surface area contributed by atoms with Crippen LogP contribution in [-0.4, -0.2) is 36.9 Å². The summed E-state index contributed by atoms with van der Waals surface area (Å²) in [7, 11) is 0. The Labute approximate surface area is 163 Å². The van der Waals surface area contributed by atoms with Crippen LogP contribution in [0.1, 0.15) is 45.4 Å². The van der Waals surface area contributed by atoms with E-state index in [1.165, 1.54) is 11.8 Å². The van der Waals surface area contributed by atoms with Crippen LogP contribution in [0.4, 0.5) is 0 Å². The number of hydrogen-bond acceptors (Lipinski definition) is 6. The molecule has 1 aliphatic rings. The number of hydrogen-bond donors (Lipinski definition) is 1. The first-order chi connectivity index (χ1) is 13.2. The fraction of sp³-hybridized carbons (Fsp3) is 0.526. The lowest BCUT2D eigenvalue weighted by Gasteiger charge is -2.26. The zero-order chi connectivity index (χ0) is 19.1. The normalized spacial score (nSPS) is 16.3. The van der Waals surface area contributed by atoms with Crippen molar-refractivity contribution in [2.24, 2.45) is 0 Å². The second-order valence-electron chi connectivity index (χ2n) is 6.73. The lowest BCUT2D eigenvalue weighted by atomic mass is 9.92. The zero-order valence-electron chi connectivity index (χ0n) is 15.5. The van der Waals surface area contributed by atoms with Crippen LogP contribution in [0.15, 0.2) is 29.7 Å². The SMILES string of the molecule is CCn1c(SCC(=O)NC2(C#N)CCCCCC2)nnc1-c1ccncc1. The zero-order valence-corrected chi connectivity index (χ0v) is 16.3. The maximum atomic E-state index is 12.5. The third kappa shape index (κ3) is 4.66. The maximum Gasteiger partial charge on any atom is 0.231 e. The van der Waals surface area contributed by atoms with Gasteiger partial charge in [0.25, 0.3) is 0 Å². The Hall–Kier alpha value is -2.40. The monoisotopic (exact) mass is 384 g/mol. The number of nitriles is 1. The molecule has 7 nitrogen and oxygen atoms in total. The molecular formula is C19H24N6OS. The van der Waals surface area contributed by atoms with Crippen molar-refractivity contribution in [1.29, 1.82) is 5.26 Å². The Morgan fingerprint density at radius 3 is 2.59 bits per heavy atom. The molecule has 0 bridgehead atoms. The predicted molar refractivity (Wildman–Crippen MR) is 104 cm³/mol. The van der Waals surface area contributed by atoms with Crippen LogP contribution in [0.3, 0.4) is 0 Å². The highest BCUT2D eigenvalue weighted by molar-refractivity contribution is 7.99. The highest BCUT2D eigenvalue weighted by atomic mass is 32.2. The second-order valence-corrected chi connectivity index (χ2v) is 7.67. The van der Waals surface area contributed by atoms with Crippen molar-refractivity contribution in [1.82, 2.24) is 25.1 Å². The van der Waals surface area contributed by atoms with Gasteiger partial charge in [-0.25, -0.2) is 0 Å². The van der Waals surface area contributed by atoms with Gasteiger partial charge < -0.3 is 9.88 Å². The maximum absolute atomic E-state index is 12.5. The van der Waals surface area contributed by atoms with Gasteiger partial charge in [-0.15, -0.1) is 10.2 Å². The summed E-state index contributed by atoms with van der Waals surface area (Å²) < 4.78 is 1.99. The number of nitrogens with zero attached hydrogens (tertiary/aromatic N) is 5. The molecule has 2 heterocycles. The van der Waals surface area contributed by atoms with Crippen LogP contribution in [0.5, 0.6) is 0 Å². The molecule has 1 aliphatic carbocycles. The summed E-state index contributed by atoms with van der Waals surface area (Å²) in [6.07, 6.45) is 9.14. The summed E-state index contributed by atoms with van der Waals surface area (Å²) in [5.74, 6) is 0.859. The van der Waals surface area contributed by atoms with Crippen molar-refractivity contribution in [3.63, 3.8) is 0 Å². The number of pyridine rings is 1. The van der Waals surface area contributed by atoms with E-state index in [4.69, 9.17) is 0 Å². The predicted octanol–water partition coefficient (Wildman–Crippen LogP) is 3.18. The highest BCUT2D eigenvalue weighted by Crippen LogP contribution is 2.27. The number of nitrogens with one attached hydrogen (secondary N) is 1. The highest BCUT2D eigenvalue weighted by Gasteiger charge is 2.32. The molecule has 1 amide bonds. The minimum Gasteiger partial charge on any atom is -0.337 e. The first-order valence-electron chi connectivity index (χ1n) is 9.36. The quantitative estimate of drug-likeness (QED) is 0.607. The van der Waals surface area contributed by atoms with Gasteiger partial charge in [0.05, 0.1) is 11.8 Å². The molecule has 1 fully saturated rings. The largest absolute Gasteiger partial charge is 0.337 e. The standard InChI is InChI=1S/C19H24N6OS/c1-2-25-17(15-7-11-21-12-8-15)23-24-18(25)27-13-16(26)22-19(14-20)9-5-3-4-6-10-19/h7-8,11-12H,2-6,9-10,13H2,1H3,(H,22,26). The van der Waals surface area contributed by atoms with Gasteiger partial charge >= 0.3 is 0 Å². The van der Waals surface area contributed by atoms with Crippen molar-refractivity contribution in [2.45, 2.75) is 62.7 Å². The van der Waals surface area contributed by atoms with E-state index < -0.39 is 5.54 Å². The number of amides is 1. The van der Waals surface area contributed by atoms with Gasteiger partial charge in [0.1, 0.15) is 5.54 Å². The van der Waals surface area contributed by atoms with E-state index in [1.54, 1.807) is 12.4 Å². The van der Waals surface area contributed by atoms with Crippen LogP contribution in [0, 0.1) is 11.3 Å². The average molecular weight is 385 g/mol. The Kier molecular flexibility index (Phi) is 6.45. The van der Waals surface area contributed by atoms with Crippen molar-refractivity contribution in [2.75, 3.05) is 5.75 Å². The fourth-order valence-electron chi connectivity index (χ4n) is 3.42. The summed E-state index contributed by atoms with van der Waals surface area (Å²) in [5, 5.41) is 21.8. The van der Waals surface area contributed by atoms with E-state index in [2.05, 4.69) is 26.6 Å². The molecule has 2 aromatic heterocycles. The van der Waals surface area contributed by atoms with Crippen LogP contribution < -0.4 is 5.32 Å². The molecule has 2 aromatic rings. The number of rotatable bonds is 6. The van der Waals surface area contributed by atoms with Crippen molar-refractivity contribution in [3.05, 3.63) is 24.5 Å². The van der Waals surface area contributed by atoms with Gasteiger partial charge in [0.15, 0.2) is 11.0 Å². The summed E-state index contributed by atoms with van der Waals surface area (Å²) >= 11 is 1.35. The molecule has 3 rings (SSSR count). The molecule has 1 saturated carbocycles. The molecule has 8 heteroatoms. The topological polar surface area (TPSA) is 96.5 Å². The summed E-state index contributed by atoms with van der Waals surface area (Å²) in [5.41, 5.74) is 0.229. The minimum atomic E-state index is -0.714. The third-order valence-electron chi connectivity index (χ3n) is 4.85. The average Bonchev–Trinajstić information content (AvgIpc) is 2.98. The van der Waals surface area contributed by atoms with E-state index in [1.807, 2.05) is 23.6 Å². The lowest BCUT2D eigenvalue weighted by Crippen LogP contribution is -2.47. The smallest absolute Gasteiger partial charge is 0.231 e. The third-order valence-corrected chi connectivity index (χ3v) is 5.82. The van der Waals surface area contributed by atoms with Gasteiger partial charge in [-0.3, -0.25) is 9.78 Å². The molecule has 0 atom stereocenters. The number of carbonyl (C=O) groups excluding carboxylic acids is 1. The Morgan fingerprint density at radius 2 is 1.96 bits per heavy atom. The van der Waals surface area contributed by atoms with Gasteiger partial charge in [-0.1, -0.05) is 37.4 Å². The molecule has 142 valence electrons. The van der Waals surface area contributed by atoms with Crippen molar-refractivity contribution in [3.8, 4) is 17.5 Å². The molecule has 0 spiro atoms. The van der Waals surface area contributed by atoms with E-state index in [0.717, 1.165) is 49.9 Å². The molecule has 0 unspecified atom stereocenters. The number of aromatic nitrogens is 4. The Bertz CT molecular complexity index is 805. The van der Waals surface area contributed by atoms with E-state index >= 15 is 0 Å². The molecular weight excluding hydrogens is 360 g/mol. The molecule has 1 N–H and O–H groups in total. The minimum absolute atomic E-state index is 0.125. The summed E-state index contributed by atoms with van der Waals surface area (Å²) in [6.45, 7) is 2.73. The number of thioether (sulfide) groups is 1. The fourth-order valence-corrected chi connectivity index (χ4v) is 4.23. The van der Waals surface area contributed by atoms with E-state index in [9.17, 15) is 10.1 Å². The first kappa shape index (κ1) is 19.4. The summed E-state index contributed by atoms with van der Waals surface area (Å²) in [6, 6.07) is 6.13. The van der Waals surface area contributed by atoms with Crippen LogP contribution in [-0.2, 0) is 11.3 Å². The Morgan fingerprint density at radius 1 is 1.26 bits per heavy atom. The van der Waals surface area contributed by atoms with Crippen LogP contribution in [0.2, 0.25) is 0 Å². The van der Waals surface area contributed by atoms with Gasteiger partial charge in [-0.2, -0.15) is 5.26 Å². The van der Waals surface area contributed by atoms with Crippen LogP contribution in [0.25, 0.3) is 11.4 Å². The van der Waals surface area contributed by atoms with Crippen molar-refractivity contribution < 1.29 is 4.79 Å². The molecule has 0 aliphatic heterocycles. The number of carbonyl (C=O) groups is 1. The van der Waals surface area contributed by atoms with Gasteiger partial charge in [-0.05, 0) is 31.9 Å². The lowest BCUT2D eigenvalue weighted by molar-refractivity contribution is -0.120. The second kappa shape index (κ2) is 9.00. The molecule has 0 aromatic carbocycles. The Balaban J connectivity index is 1.65. The molecule has 27 heavy (non-hydrogen) atoms. The van der Waals surface area contributed by atoms with Crippen LogP contribution >= 0.6 is 11.8 Å². The molecule has 0 radical (unpaired) electrons. The van der Waals surface area contributed by atoms with Gasteiger partial charge in [0, 0.05) is 24.5 Å².